The summed E-state index contributed by atoms with van der Waals surface area (Å²) < 4.78 is 0. The molecule has 0 aromatic rings. The van der Waals surface area contributed by atoms with Crippen LogP contribution in [0.25, 0.3) is 0 Å². The van der Waals surface area contributed by atoms with Gasteiger partial charge in [0.25, 0.3) is 6.69 Å². The van der Waals surface area contributed by atoms with Crippen molar-refractivity contribution in [1.29, 1.82) is 0 Å². The molecule has 0 saturated carbocycles. The first kappa shape index (κ1) is 20.3. The van der Waals surface area contributed by atoms with Crippen molar-refractivity contribution in [2.24, 2.45) is 0 Å². The van der Waals surface area contributed by atoms with Gasteiger partial charge in [-0.15, -0.1) is 35.3 Å². The van der Waals surface area contributed by atoms with Crippen LogP contribution in [0.15, 0.2) is 25.3 Å². The van der Waals surface area contributed by atoms with Gasteiger partial charge in [0.1, 0.15) is 0 Å². The van der Waals surface area contributed by atoms with Crippen molar-refractivity contribution >= 4 is 28.9 Å². The normalized spacial score (nSPS) is 11.5. The first-order chi connectivity index (χ1) is 9.62. The summed E-state index contributed by atoms with van der Waals surface area (Å²) in [7, 11) is 0. The Labute approximate surface area is 137 Å². The second kappa shape index (κ2) is 14.2. The van der Waals surface area contributed by atoms with Crippen LogP contribution in [0.5, 0.6) is 0 Å². The molecule has 0 fully saturated rings. The van der Waals surface area contributed by atoms with Crippen molar-refractivity contribution in [1.82, 2.24) is 0 Å². The summed E-state index contributed by atoms with van der Waals surface area (Å²) in [4.78, 5) is 0. The van der Waals surface area contributed by atoms with Crippen LogP contribution in [0, 0.1) is 0 Å². The van der Waals surface area contributed by atoms with E-state index in [1.54, 1.807) is 0 Å². The summed E-state index contributed by atoms with van der Waals surface area (Å²) in [5.74, 6) is 0. The molecule has 0 saturated heterocycles. The highest BCUT2D eigenvalue weighted by molar-refractivity contribution is 7.45. The van der Waals surface area contributed by atoms with Gasteiger partial charge in [-0.05, 0) is 37.8 Å². The second-order valence-corrected chi connectivity index (χ2v) is 13.3. The van der Waals surface area contributed by atoms with E-state index in [-0.39, 0.29) is 0 Å². The number of allylic oxidation sites excluding steroid dienone is 2. The molecule has 0 rings (SSSR count). The molecule has 0 aromatic heterocycles. The van der Waals surface area contributed by atoms with E-state index in [9.17, 15) is 0 Å². The number of halogens is 2. The molecule has 3 heteroatoms. The van der Waals surface area contributed by atoms with E-state index in [2.05, 4.69) is 13.2 Å². The van der Waals surface area contributed by atoms with E-state index in [1.165, 1.54) is 57.8 Å². The van der Waals surface area contributed by atoms with Crippen molar-refractivity contribution in [3.63, 3.8) is 0 Å². The van der Waals surface area contributed by atoms with Gasteiger partial charge in [0.15, 0.2) is 0 Å². The van der Waals surface area contributed by atoms with Crippen LogP contribution in [0.2, 0.25) is 12.1 Å². The second-order valence-electron chi connectivity index (χ2n) is 5.69. The number of unbranched alkanes of at least 4 members (excludes halogenated alkanes) is 9. The minimum Gasteiger partial charge on any atom is -0.146 e. The summed E-state index contributed by atoms with van der Waals surface area (Å²) in [5, 5.41) is 0. The lowest BCUT2D eigenvalue weighted by Gasteiger charge is -2.16. The summed E-state index contributed by atoms with van der Waals surface area (Å²) in [6.07, 6.45) is 17.7. The molecule has 0 unspecified atom stereocenters. The SMILES string of the molecule is C=CCCCCCCC[Si](Cl)(Cl)CCCCCCC=C. The van der Waals surface area contributed by atoms with Gasteiger partial charge in [-0.2, -0.15) is 0 Å². The first-order valence-corrected chi connectivity index (χ1v) is 12.7. The Morgan fingerprint density at radius 1 is 0.600 bits per heavy atom. The van der Waals surface area contributed by atoms with Crippen LogP contribution in [0.4, 0.5) is 0 Å². The molecule has 20 heavy (non-hydrogen) atoms. The molecule has 0 heterocycles. The predicted octanol–water partition coefficient (Wildman–Crippen LogP) is 7.57. The highest BCUT2D eigenvalue weighted by Crippen LogP contribution is 2.30. The standard InChI is InChI=1S/C17H32Cl2Si/c1-3-5-7-9-11-13-15-17-20(18,19)16-14-12-10-8-6-4-2/h3-4H,1-2,5-17H2. The molecule has 0 N–H and O–H groups in total. The fourth-order valence-electron chi connectivity index (χ4n) is 2.35. The third kappa shape index (κ3) is 14.7. The molecule has 0 spiro atoms. The summed E-state index contributed by atoms with van der Waals surface area (Å²) in [6.45, 7) is 5.55. The highest BCUT2D eigenvalue weighted by atomic mass is 35.7. The summed E-state index contributed by atoms with van der Waals surface area (Å²) in [6, 6.07) is 2.14. The predicted molar refractivity (Wildman–Crippen MR) is 98.3 cm³/mol. The molecule has 0 radical (unpaired) electrons. The van der Waals surface area contributed by atoms with Gasteiger partial charge < -0.3 is 0 Å². The Bertz CT molecular complexity index is 239. The summed E-state index contributed by atoms with van der Waals surface area (Å²) in [5.41, 5.74) is 0. The number of hydrogen-bond acceptors (Lipinski definition) is 0. The van der Waals surface area contributed by atoms with E-state index >= 15 is 0 Å². The lowest BCUT2D eigenvalue weighted by molar-refractivity contribution is 0.634. The van der Waals surface area contributed by atoms with Crippen molar-refractivity contribution in [2.75, 3.05) is 0 Å². The van der Waals surface area contributed by atoms with Crippen molar-refractivity contribution in [3.05, 3.63) is 25.3 Å². The van der Waals surface area contributed by atoms with Gasteiger partial charge in [-0.25, -0.2) is 0 Å². The average molecular weight is 335 g/mol. The molecule has 0 amide bonds. The van der Waals surface area contributed by atoms with Crippen LogP contribution in [-0.4, -0.2) is 6.69 Å². The van der Waals surface area contributed by atoms with E-state index in [0.29, 0.717) is 0 Å². The van der Waals surface area contributed by atoms with Crippen molar-refractivity contribution < 1.29 is 0 Å². The highest BCUT2D eigenvalue weighted by Gasteiger charge is 2.26. The Morgan fingerprint density at radius 2 is 0.950 bits per heavy atom. The van der Waals surface area contributed by atoms with Gasteiger partial charge in [0.05, 0.1) is 0 Å². The fourth-order valence-corrected chi connectivity index (χ4v) is 5.74. The maximum atomic E-state index is 6.51. The zero-order chi connectivity index (χ0) is 15.1. The molecule has 0 atom stereocenters. The van der Waals surface area contributed by atoms with Crippen molar-refractivity contribution in [2.45, 2.75) is 82.7 Å². The maximum absolute atomic E-state index is 6.51. The van der Waals surface area contributed by atoms with Crippen LogP contribution in [0.1, 0.15) is 70.6 Å². The zero-order valence-electron chi connectivity index (χ0n) is 13.0. The quantitative estimate of drug-likeness (QED) is 0.125. The van der Waals surface area contributed by atoms with E-state index in [0.717, 1.165) is 24.9 Å². The van der Waals surface area contributed by atoms with Crippen LogP contribution < -0.4 is 0 Å². The molecular formula is C17H32Cl2Si. The van der Waals surface area contributed by atoms with Crippen LogP contribution >= 0.6 is 22.2 Å². The molecule has 0 aliphatic carbocycles. The van der Waals surface area contributed by atoms with Crippen LogP contribution in [0.3, 0.4) is 0 Å². The molecule has 0 nitrogen and oxygen atoms in total. The third-order valence-electron chi connectivity index (χ3n) is 3.65. The Kier molecular flexibility index (Phi) is 14.4. The molecule has 0 aliphatic rings. The van der Waals surface area contributed by atoms with E-state index in [4.69, 9.17) is 22.2 Å². The van der Waals surface area contributed by atoms with Crippen LogP contribution in [-0.2, 0) is 0 Å². The van der Waals surface area contributed by atoms with E-state index in [1.807, 2.05) is 12.2 Å². The number of hydrogen-bond donors (Lipinski definition) is 0. The largest absolute Gasteiger partial charge is 0.251 e. The third-order valence-corrected chi connectivity index (χ3v) is 8.09. The first-order valence-electron chi connectivity index (χ1n) is 8.22. The minimum atomic E-state index is -1.94. The molecule has 0 aromatic carbocycles. The Hall–Kier alpha value is 0.277. The minimum absolute atomic E-state index is 1.07. The zero-order valence-corrected chi connectivity index (χ0v) is 15.5. The molecule has 0 aliphatic heterocycles. The van der Waals surface area contributed by atoms with Crippen molar-refractivity contribution in [3.8, 4) is 0 Å². The smallest absolute Gasteiger partial charge is 0.146 e. The molecule has 0 bridgehead atoms. The molecular weight excluding hydrogens is 303 g/mol. The average Bonchev–Trinajstić information content (AvgIpc) is 2.41. The lowest BCUT2D eigenvalue weighted by atomic mass is 10.1. The summed E-state index contributed by atoms with van der Waals surface area (Å²) >= 11 is 13.0. The van der Waals surface area contributed by atoms with Gasteiger partial charge >= 0.3 is 0 Å². The molecule has 118 valence electrons. The van der Waals surface area contributed by atoms with Gasteiger partial charge in [-0.1, -0.05) is 57.1 Å². The van der Waals surface area contributed by atoms with E-state index < -0.39 is 6.69 Å². The monoisotopic (exact) mass is 334 g/mol. The Balaban J connectivity index is 3.39. The topological polar surface area (TPSA) is 0 Å². The lowest BCUT2D eigenvalue weighted by Crippen LogP contribution is -2.18. The maximum Gasteiger partial charge on any atom is 0.251 e. The van der Waals surface area contributed by atoms with Gasteiger partial charge in [0.2, 0.25) is 0 Å². The number of rotatable bonds is 15. The Morgan fingerprint density at radius 3 is 1.35 bits per heavy atom. The fraction of sp³-hybridized carbons (Fsp3) is 0.765. The van der Waals surface area contributed by atoms with Gasteiger partial charge in [-0.3, -0.25) is 0 Å². The van der Waals surface area contributed by atoms with Gasteiger partial charge in [0, 0.05) is 0 Å².